The monoisotopic (exact) mass is 677 g/mol. The molecule has 8 rings (SSSR count). The number of piperidine rings is 1. The van der Waals surface area contributed by atoms with Crippen molar-refractivity contribution in [1.82, 2.24) is 19.9 Å². The van der Waals surface area contributed by atoms with E-state index in [1.807, 2.05) is 4.90 Å². The highest BCUT2D eigenvalue weighted by atomic mass is 32.2. The Hall–Kier alpha value is -4.15. The van der Waals surface area contributed by atoms with Gasteiger partial charge < -0.3 is 14.7 Å². The van der Waals surface area contributed by atoms with E-state index in [1.54, 1.807) is 0 Å². The van der Waals surface area contributed by atoms with E-state index >= 15 is 4.39 Å². The molecule has 0 amide bonds. The fraction of sp³-hybridized carbons (Fsp3) is 0.457. The highest BCUT2D eigenvalue weighted by Crippen LogP contribution is 2.44. The Balaban J connectivity index is 1.27. The lowest BCUT2D eigenvalue weighted by Gasteiger charge is -2.40. The molecule has 4 fully saturated rings. The van der Waals surface area contributed by atoms with Gasteiger partial charge in [0.05, 0.1) is 28.0 Å². The van der Waals surface area contributed by atoms with Gasteiger partial charge in [-0.25, -0.2) is 21.6 Å². The lowest BCUT2D eigenvalue weighted by atomic mass is 9.79. The maximum Gasteiger partial charge on any atom is 0.319 e. The summed E-state index contributed by atoms with van der Waals surface area (Å²) in [5.41, 5.74) is -1.25. The van der Waals surface area contributed by atoms with Crippen LogP contribution in [0.25, 0.3) is 32.9 Å². The summed E-state index contributed by atoms with van der Waals surface area (Å²) >= 11 is 0. The molecule has 1 spiro atoms. The molecule has 250 valence electrons. The van der Waals surface area contributed by atoms with Crippen LogP contribution in [-0.4, -0.2) is 89.4 Å². The van der Waals surface area contributed by atoms with E-state index in [9.17, 15) is 22.3 Å². The molecular formula is C35H34F3N5O4S. The number of hydrogen-bond donors (Lipinski definition) is 1. The minimum absolute atomic E-state index is 0.0844. The van der Waals surface area contributed by atoms with E-state index in [4.69, 9.17) is 16.1 Å². The average molecular weight is 678 g/mol. The first kappa shape index (κ1) is 31.1. The van der Waals surface area contributed by atoms with Gasteiger partial charge in [-0.1, -0.05) is 12.0 Å². The molecule has 6 heterocycles. The lowest BCUT2D eigenvalue weighted by Crippen LogP contribution is -2.45. The Morgan fingerprint density at radius 3 is 2.75 bits per heavy atom. The molecule has 1 N–H and O–H groups in total. The van der Waals surface area contributed by atoms with Crippen molar-refractivity contribution >= 4 is 37.3 Å². The maximum atomic E-state index is 16.9. The molecule has 4 aliphatic heterocycles. The number of sulfone groups is 1. The van der Waals surface area contributed by atoms with Crippen LogP contribution in [0.2, 0.25) is 0 Å². The van der Waals surface area contributed by atoms with Crippen LogP contribution in [0.4, 0.5) is 19.0 Å². The highest BCUT2D eigenvalue weighted by Gasteiger charge is 2.50. The molecule has 4 saturated heterocycles. The number of hydrogen-bond acceptors (Lipinski definition) is 9. The number of rotatable bonds is 5. The number of benzene rings is 2. The van der Waals surface area contributed by atoms with Crippen molar-refractivity contribution in [3.8, 4) is 35.4 Å². The van der Waals surface area contributed by atoms with Crippen LogP contribution in [0.3, 0.4) is 0 Å². The molecule has 2 aromatic carbocycles. The third-order valence-corrected chi connectivity index (χ3v) is 12.6. The SMILES string of the molecule is C#Cc1c(F)ccc2cc(O)cc(-c3ncc4c(N5CCCC6(CCS(=O)(=O)C6)C5)nc(OC[C@@]56CCCN5C[C@H](F)C6)nc4c3F)c12. The van der Waals surface area contributed by atoms with Crippen LogP contribution in [0.1, 0.15) is 44.1 Å². The minimum Gasteiger partial charge on any atom is -0.508 e. The Labute approximate surface area is 276 Å². The van der Waals surface area contributed by atoms with Crippen LogP contribution in [0.15, 0.2) is 30.5 Å². The summed E-state index contributed by atoms with van der Waals surface area (Å²) in [6.07, 6.45) is 10.2. The second-order valence-corrected chi connectivity index (χ2v) is 16.1. The van der Waals surface area contributed by atoms with Crippen molar-refractivity contribution in [2.45, 2.75) is 50.2 Å². The molecule has 0 radical (unpaired) electrons. The maximum absolute atomic E-state index is 16.9. The van der Waals surface area contributed by atoms with E-state index < -0.39 is 38.6 Å². The zero-order valence-electron chi connectivity index (χ0n) is 26.2. The van der Waals surface area contributed by atoms with E-state index in [0.717, 1.165) is 32.2 Å². The third-order valence-electron chi connectivity index (χ3n) is 10.8. The topological polar surface area (TPSA) is 109 Å². The van der Waals surface area contributed by atoms with Gasteiger partial charge >= 0.3 is 6.01 Å². The van der Waals surface area contributed by atoms with Gasteiger partial charge in [0, 0.05) is 48.6 Å². The number of halogens is 3. The van der Waals surface area contributed by atoms with Gasteiger partial charge in [-0.05, 0) is 62.2 Å². The zero-order valence-corrected chi connectivity index (χ0v) is 27.0. The van der Waals surface area contributed by atoms with Crippen molar-refractivity contribution in [1.29, 1.82) is 0 Å². The van der Waals surface area contributed by atoms with Gasteiger partial charge in [-0.2, -0.15) is 9.97 Å². The molecule has 0 aliphatic carbocycles. The van der Waals surface area contributed by atoms with Crippen molar-refractivity contribution in [3.63, 3.8) is 0 Å². The molecule has 48 heavy (non-hydrogen) atoms. The predicted octanol–water partition coefficient (Wildman–Crippen LogP) is 5.17. The van der Waals surface area contributed by atoms with Gasteiger partial charge in [-0.15, -0.1) is 6.42 Å². The fourth-order valence-corrected chi connectivity index (χ4v) is 10.8. The summed E-state index contributed by atoms with van der Waals surface area (Å²) in [6, 6.07) is 5.25. The van der Waals surface area contributed by atoms with E-state index in [0.29, 0.717) is 49.1 Å². The summed E-state index contributed by atoms with van der Waals surface area (Å²) in [5.74, 6) is 1.22. The number of fused-ring (bicyclic) bond motifs is 3. The number of anilines is 1. The number of nitrogens with zero attached hydrogens (tertiary/aromatic N) is 5. The van der Waals surface area contributed by atoms with E-state index in [2.05, 4.69) is 20.8 Å². The first-order chi connectivity index (χ1) is 23.0. The first-order valence-corrected chi connectivity index (χ1v) is 18.1. The summed E-state index contributed by atoms with van der Waals surface area (Å²) in [6.45, 7) is 2.20. The quantitative estimate of drug-likeness (QED) is 0.286. The van der Waals surface area contributed by atoms with Gasteiger partial charge in [0.25, 0.3) is 0 Å². The standard InChI is InChI=1S/C35H34F3N5O4S/c1-2-24-27(37)6-5-21-13-23(44)14-25(28(21)24)30-29(38)31-26(16-39-30)32(42-10-3-7-34(18-42)9-12-48(45,46)20-34)41-33(40-31)47-19-35-8-4-11-43(35)17-22(36)15-35/h1,5-6,13-14,16,22,44H,3-4,7-12,15,17-20H2/t22-,34?,35+/m1/s1. The molecule has 4 aromatic rings. The van der Waals surface area contributed by atoms with Crippen molar-refractivity contribution in [3.05, 3.63) is 47.7 Å². The molecule has 3 atom stereocenters. The van der Waals surface area contributed by atoms with Crippen LogP contribution in [0.5, 0.6) is 11.8 Å². The average Bonchev–Trinajstić information content (AvgIpc) is 3.68. The third kappa shape index (κ3) is 5.11. The smallest absolute Gasteiger partial charge is 0.319 e. The molecule has 0 bridgehead atoms. The Morgan fingerprint density at radius 2 is 1.96 bits per heavy atom. The van der Waals surface area contributed by atoms with Gasteiger partial charge in [-0.3, -0.25) is 9.88 Å². The number of phenols is 1. The second kappa shape index (κ2) is 11.2. The van der Waals surface area contributed by atoms with Crippen molar-refractivity contribution in [2.24, 2.45) is 5.41 Å². The molecule has 2 aromatic heterocycles. The van der Waals surface area contributed by atoms with Gasteiger partial charge in [0.1, 0.15) is 41.4 Å². The second-order valence-electron chi connectivity index (χ2n) is 13.9. The number of terminal acetylenes is 1. The summed E-state index contributed by atoms with van der Waals surface area (Å²) in [5, 5.41) is 11.5. The van der Waals surface area contributed by atoms with Crippen molar-refractivity contribution in [2.75, 3.05) is 49.2 Å². The lowest BCUT2D eigenvalue weighted by molar-refractivity contribution is 0.107. The molecule has 9 nitrogen and oxygen atoms in total. The predicted molar refractivity (Wildman–Crippen MR) is 175 cm³/mol. The number of alkyl halides is 1. The highest BCUT2D eigenvalue weighted by molar-refractivity contribution is 7.91. The summed E-state index contributed by atoms with van der Waals surface area (Å²) in [7, 11) is -3.17. The van der Waals surface area contributed by atoms with E-state index in [-0.39, 0.29) is 57.6 Å². The molecular weight excluding hydrogens is 643 g/mol. The number of pyridine rings is 1. The van der Waals surface area contributed by atoms with Gasteiger partial charge in [0.15, 0.2) is 15.7 Å². The molecule has 1 unspecified atom stereocenters. The normalized spacial score (nSPS) is 26.8. The molecule has 13 heteroatoms. The fourth-order valence-electron chi connectivity index (χ4n) is 8.61. The summed E-state index contributed by atoms with van der Waals surface area (Å²) < 4.78 is 77.5. The number of aromatic nitrogens is 3. The number of ether oxygens (including phenoxy) is 1. The van der Waals surface area contributed by atoms with E-state index in [1.165, 1.54) is 30.5 Å². The number of phenolic OH excluding ortho intramolecular Hbond substituents is 1. The van der Waals surface area contributed by atoms with Crippen LogP contribution in [-0.2, 0) is 9.84 Å². The largest absolute Gasteiger partial charge is 0.508 e. The first-order valence-electron chi connectivity index (χ1n) is 16.2. The Bertz CT molecular complexity index is 2140. The Kier molecular flexibility index (Phi) is 7.27. The van der Waals surface area contributed by atoms with Gasteiger partial charge in [0.2, 0.25) is 0 Å². The van der Waals surface area contributed by atoms with Crippen LogP contribution in [0, 0.1) is 29.4 Å². The Morgan fingerprint density at radius 1 is 1.12 bits per heavy atom. The molecule has 4 aliphatic rings. The molecule has 0 saturated carbocycles. The van der Waals surface area contributed by atoms with Crippen LogP contribution < -0.4 is 9.64 Å². The zero-order chi connectivity index (χ0) is 33.4. The van der Waals surface area contributed by atoms with Crippen LogP contribution >= 0.6 is 0 Å². The number of aromatic hydroxyl groups is 1. The van der Waals surface area contributed by atoms with Crippen molar-refractivity contribution < 1.29 is 31.4 Å². The summed E-state index contributed by atoms with van der Waals surface area (Å²) in [4.78, 5) is 17.8. The minimum atomic E-state index is -3.17.